The molecule has 0 radical (unpaired) electrons. The summed E-state index contributed by atoms with van der Waals surface area (Å²) >= 11 is 2.93. The molecule has 0 amide bonds. The first kappa shape index (κ1) is 15.6. The van der Waals surface area contributed by atoms with E-state index < -0.39 is 40.3 Å². The van der Waals surface area contributed by atoms with Gasteiger partial charge in [0.25, 0.3) is 0 Å². The Kier molecular flexibility index (Phi) is 4.13. The lowest BCUT2D eigenvalue weighted by molar-refractivity contribution is -0.137. The van der Waals surface area contributed by atoms with Gasteiger partial charge in [-0.3, -0.25) is 4.79 Å². The fraction of sp³-hybridized carbons (Fsp3) is 0.0714. The number of hydrogen-bond donors (Lipinski definition) is 0. The zero-order valence-corrected chi connectivity index (χ0v) is 11.7. The molecule has 0 atom stereocenters. The van der Waals surface area contributed by atoms with E-state index in [1.807, 2.05) is 0 Å². The van der Waals surface area contributed by atoms with Crippen LogP contribution in [0.15, 0.2) is 40.9 Å². The van der Waals surface area contributed by atoms with E-state index in [9.17, 15) is 26.7 Å². The first-order chi connectivity index (χ1) is 9.70. The van der Waals surface area contributed by atoms with Crippen LogP contribution in [0.25, 0.3) is 0 Å². The Bertz CT molecular complexity index is 709. The van der Waals surface area contributed by atoms with Crippen molar-refractivity contribution >= 4 is 21.7 Å². The van der Waals surface area contributed by atoms with Crippen molar-refractivity contribution in [2.45, 2.75) is 6.18 Å². The van der Waals surface area contributed by atoms with E-state index in [4.69, 9.17) is 0 Å². The zero-order chi connectivity index (χ0) is 15.8. The van der Waals surface area contributed by atoms with Gasteiger partial charge in [-0.05, 0) is 36.4 Å². The molecule has 0 N–H and O–H groups in total. The minimum atomic E-state index is -4.64. The predicted molar refractivity (Wildman–Crippen MR) is 68.9 cm³/mol. The molecule has 0 fully saturated rings. The molecule has 0 aliphatic heterocycles. The van der Waals surface area contributed by atoms with E-state index >= 15 is 0 Å². The van der Waals surface area contributed by atoms with Gasteiger partial charge in [-0.15, -0.1) is 0 Å². The van der Waals surface area contributed by atoms with Gasteiger partial charge in [0.2, 0.25) is 0 Å². The van der Waals surface area contributed by atoms with Gasteiger partial charge in [0.05, 0.1) is 11.1 Å². The van der Waals surface area contributed by atoms with Crippen LogP contribution in [0.1, 0.15) is 21.5 Å². The average Bonchev–Trinajstić information content (AvgIpc) is 2.40. The van der Waals surface area contributed by atoms with E-state index in [2.05, 4.69) is 15.9 Å². The van der Waals surface area contributed by atoms with Crippen molar-refractivity contribution in [2.24, 2.45) is 0 Å². The molecule has 0 unspecified atom stereocenters. The second kappa shape index (κ2) is 5.55. The van der Waals surface area contributed by atoms with E-state index in [0.717, 1.165) is 24.3 Å². The highest BCUT2D eigenvalue weighted by molar-refractivity contribution is 9.10. The molecule has 0 aliphatic rings. The van der Waals surface area contributed by atoms with Crippen LogP contribution in [-0.4, -0.2) is 5.78 Å². The Morgan fingerprint density at radius 1 is 0.952 bits per heavy atom. The van der Waals surface area contributed by atoms with Crippen LogP contribution in [0.3, 0.4) is 0 Å². The van der Waals surface area contributed by atoms with E-state index in [-0.39, 0.29) is 4.47 Å². The minimum absolute atomic E-state index is 0.0594. The van der Waals surface area contributed by atoms with Crippen molar-refractivity contribution in [3.05, 3.63) is 69.2 Å². The van der Waals surface area contributed by atoms with Crippen LogP contribution >= 0.6 is 15.9 Å². The molecule has 0 heterocycles. The Morgan fingerprint density at radius 3 is 2.24 bits per heavy atom. The highest BCUT2D eigenvalue weighted by Crippen LogP contribution is 2.32. The van der Waals surface area contributed by atoms with Crippen LogP contribution in [-0.2, 0) is 6.18 Å². The molecule has 0 bridgehead atoms. The number of benzene rings is 2. The quantitative estimate of drug-likeness (QED) is 0.542. The first-order valence-electron chi connectivity index (χ1n) is 5.56. The van der Waals surface area contributed by atoms with E-state index in [0.29, 0.717) is 12.1 Å². The minimum Gasteiger partial charge on any atom is -0.288 e. The monoisotopic (exact) mass is 364 g/mol. The summed E-state index contributed by atoms with van der Waals surface area (Å²) in [7, 11) is 0. The molecule has 2 aromatic rings. The number of halogens is 6. The molecule has 110 valence electrons. The zero-order valence-electron chi connectivity index (χ0n) is 10.1. The highest BCUT2D eigenvalue weighted by Gasteiger charge is 2.32. The van der Waals surface area contributed by atoms with Crippen LogP contribution in [0, 0.1) is 11.6 Å². The maximum atomic E-state index is 13.5. The normalized spacial score (nSPS) is 11.5. The third-order valence-electron chi connectivity index (χ3n) is 2.71. The van der Waals surface area contributed by atoms with Gasteiger partial charge in [-0.1, -0.05) is 15.9 Å². The van der Waals surface area contributed by atoms with Crippen molar-refractivity contribution in [1.29, 1.82) is 0 Å². The maximum absolute atomic E-state index is 13.5. The summed E-state index contributed by atoms with van der Waals surface area (Å²) < 4.78 is 64.6. The predicted octanol–water partition coefficient (Wildman–Crippen LogP) is 4.98. The lowest BCUT2D eigenvalue weighted by Gasteiger charge is -2.10. The molecule has 0 spiro atoms. The van der Waals surface area contributed by atoms with Gasteiger partial charge in [0, 0.05) is 10.0 Å². The van der Waals surface area contributed by atoms with Gasteiger partial charge in [-0.25, -0.2) is 8.78 Å². The van der Waals surface area contributed by atoms with E-state index in [1.54, 1.807) is 0 Å². The Morgan fingerprint density at radius 2 is 1.62 bits per heavy atom. The second-order valence-electron chi connectivity index (χ2n) is 4.15. The molecule has 0 aliphatic carbocycles. The number of alkyl halides is 3. The molecule has 0 saturated carbocycles. The third kappa shape index (κ3) is 3.29. The largest absolute Gasteiger partial charge is 0.416 e. The summed E-state index contributed by atoms with van der Waals surface area (Å²) in [6.45, 7) is 0. The van der Waals surface area contributed by atoms with Crippen LogP contribution in [0.2, 0.25) is 0 Å². The fourth-order valence-corrected chi connectivity index (χ4v) is 2.12. The van der Waals surface area contributed by atoms with Gasteiger partial charge in [0.1, 0.15) is 11.6 Å². The number of ketones is 1. The van der Waals surface area contributed by atoms with Gasteiger partial charge < -0.3 is 0 Å². The summed E-state index contributed by atoms with van der Waals surface area (Å²) in [5.41, 5.74) is -2.07. The molecule has 0 aromatic heterocycles. The SMILES string of the molecule is O=C(c1cc(F)ccc1F)c1cc(C(F)(F)F)ccc1Br. The lowest BCUT2D eigenvalue weighted by Crippen LogP contribution is -2.10. The summed E-state index contributed by atoms with van der Waals surface area (Å²) in [5, 5.41) is 0. The molecular formula is C14H6BrF5O. The van der Waals surface area contributed by atoms with Gasteiger partial charge >= 0.3 is 6.18 Å². The molecule has 1 nitrogen and oxygen atoms in total. The van der Waals surface area contributed by atoms with Crippen LogP contribution in [0.4, 0.5) is 22.0 Å². The van der Waals surface area contributed by atoms with Gasteiger partial charge in [0.15, 0.2) is 5.78 Å². The van der Waals surface area contributed by atoms with Crippen molar-refractivity contribution in [3.8, 4) is 0 Å². The number of carbonyl (C=O) groups excluding carboxylic acids is 1. The summed E-state index contributed by atoms with van der Waals surface area (Å²) in [6, 6.07) is 4.61. The Balaban J connectivity index is 2.55. The van der Waals surface area contributed by atoms with Crippen LogP contribution < -0.4 is 0 Å². The lowest BCUT2D eigenvalue weighted by atomic mass is 10.0. The first-order valence-corrected chi connectivity index (χ1v) is 6.36. The van der Waals surface area contributed by atoms with Crippen molar-refractivity contribution in [3.63, 3.8) is 0 Å². The van der Waals surface area contributed by atoms with Crippen molar-refractivity contribution in [2.75, 3.05) is 0 Å². The average molecular weight is 365 g/mol. The smallest absolute Gasteiger partial charge is 0.288 e. The Hall–Kier alpha value is -1.76. The molecule has 0 saturated heterocycles. The fourth-order valence-electron chi connectivity index (χ4n) is 1.69. The molecule has 7 heteroatoms. The summed E-state index contributed by atoms with van der Waals surface area (Å²) in [4.78, 5) is 12.1. The Labute approximate surface area is 124 Å². The third-order valence-corrected chi connectivity index (χ3v) is 3.40. The molecule has 21 heavy (non-hydrogen) atoms. The number of rotatable bonds is 2. The van der Waals surface area contributed by atoms with Crippen molar-refractivity contribution < 1.29 is 26.7 Å². The summed E-state index contributed by atoms with van der Waals surface area (Å²) in [5.74, 6) is -2.90. The number of carbonyl (C=O) groups is 1. The van der Waals surface area contributed by atoms with Crippen LogP contribution in [0.5, 0.6) is 0 Å². The molecular weight excluding hydrogens is 359 g/mol. The van der Waals surface area contributed by atoms with Gasteiger partial charge in [-0.2, -0.15) is 13.2 Å². The highest BCUT2D eigenvalue weighted by atomic mass is 79.9. The van der Waals surface area contributed by atoms with Crippen molar-refractivity contribution in [1.82, 2.24) is 0 Å². The molecule has 2 aromatic carbocycles. The second-order valence-corrected chi connectivity index (χ2v) is 5.00. The standard InChI is InChI=1S/C14H6BrF5O/c15-11-3-1-7(14(18,19)20)5-9(11)13(21)10-6-8(16)2-4-12(10)17/h1-6H. The summed E-state index contributed by atoms with van der Waals surface area (Å²) in [6.07, 6.45) is -4.64. The number of hydrogen-bond acceptors (Lipinski definition) is 1. The van der Waals surface area contributed by atoms with E-state index in [1.165, 1.54) is 0 Å². The topological polar surface area (TPSA) is 17.1 Å². The molecule has 2 rings (SSSR count). The maximum Gasteiger partial charge on any atom is 0.416 e.